The van der Waals surface area contributed by atoms with Gasteiger partial charge in [0.1, 0.15) is 16.7 Å². The SMILES string of the molecule is COc1c(C)cnc(CN(CCc2ccc3c(c2)OCO3)c2cc(Cl)nc(N)n2)c1C. The summed E-state index contributed by atoms with van der Waals surface area (Å²) in [5, 5.41) is 0.293. The number of anilines is 2. The van der Waals surface area contributed by atoms with Crippen molar-refractivity contribution in [3.63, 3.8) is 0 Å². The maximum atomic E-state index is 6.15. The molecule has 0 fully saturated rings. The average molecular weight is 442 g/mol. The van der Waals surface area contributed by atoms with Crippen LogP contribution in [0.5, 0.6) is 17.2 Å². The number of methoxy groups -OCH3 is 1. The van der Waals surface area contributed by atoms with Gasteiger partial charge in [-0.3, -0.25) is 4.98 Å². The topological polar surface area (TPSA) is 95.6 Å². The van der Waals surface area contributed by atoms with Gasteiger partial charge < -0.3 is 24.8 Å². The van der Waals surface area contributed by atoms with E-state index in [1.165, 1.54) is 0 Å². The molecule has 1 aromatic carbocycles. The first-order chi connectivity index (χ1) is 14.9. The van der Waals surface area contributed by atoms with Crippen LogP contribution >= 0.6 is 11.6 Å². The maximum absolute atomic E-state index is 6.15. The summed E-state index contributed by atoms with van der Waals surface area (Å²) in [7, 11) is 1.67. The fourth-order valence-corrected chi connectivity index (χ4v) is 3.82. The minimum absolute atomic E-state index is 0.127. The number of nitrogen functional groups attached to an aromatic ring is 1. The zero-order valence-electron chi connectivity index (χ0n) is 17.7. The predicted octanol–water partition coefficient (Wildman–Crippen LogP) is 3.71. The van der Waals surface area contributed by atoms with E-state index in [0.29, 0.717) is 24.1 Å². The molecule has 0 saturated carbocycles. The number of hydrogen-bond acceptors (Lipinski definition) is 8. The van der Waals surface area contributed by atoms with E-state index in [0.717, 1.165) is 46.1 Å². The van der Waals surface area contributed by atoms with Gasteiger partial charge in [0.05, 0.1) is 19.3 Å². The number of hydrogen-bond donors (Lipinski definition) is 1. The minimum atomic E-state index is 0.127. The van der Waals surface area contributed by atoms with Crippen LogP contribution in [0.1, 0.15) is 22.4 Å². The lowest BCUT2D eigenvalue weighted by atomic mass is 10.1. The number of nitrogens with zero attached hydrogens (tertiary/aromatic N) is 4. The van der Waals surface area contributed by atoms with E-state index in [1.54, 1.807) is 13.2 Å². The van der Waals surface area contributed by atoms with Crippen LogP contribution in [0.3, 0.4) is 0 Å². The molecule has 0 amide bonds. The van der Waals surface area contributed by atoms with E-state index in [-0.39, 0.29) is 12.7 Å². The third-order valence-corrected chi connectivity index (χ3v) is 5.41. The molecule has 0 saturated heterocycles. The van der Waals surface area contributed by atoms with Gasteiger partial charge in [0.25, 0.3) is 0 Å². The van der Waals surface area contributed by atoms with Gasteiger partial charge in [0, 0.05) is 29.9 Å². The molecule has 3 heterocycles. The van der Waals surface area contributed by atoms with Crippen molar-refractivity contribution in [2.75, 3.05) is 31.1 Å². The van der Waals surface area contributed by atoms with Crippen LogP contribution in [0.15, 0.2) is 30.5 Å². The third kappa shape index (κ3) is 4.59. The fraction of sp³-hybridized carbons (Fsp3) is 0.318. The highest BCUT2D eigenvalue weighted by Gasteiger charge is 2.18. The smallest absolute Gasteiger partial charge is 0.231 e. The third-order valence-electron chi connectivity index (χ3n) is 5.22. The maximum Gasteiger partial charge on any atom is 0.231 e. The molecule has 1 aliphatic heterocycles. The van der Waals surface area contributed by atoms with E-state index in [4.69, 9.17) is 31.5 Å². The molecule has 0 aliphatic carbocycles. The highest BCUT2D eigenvalue weighted by molar-refractivity contribution is 6.29. The van der Waals surface area contributed by atoms with Crippen molar-refractivity contribution in [1.29, 1.82) is 0 Å². The summed E-state index contributed by atoms with van der Waals surface area (Å²) in [6.45, 7) is 5.41. The molecule has 31 heavy (non-hydrogen) atoms. The largest absolute Gasteiger partial charge is 0.496 e. The second-order valence-electron chi connectivity index (χ2n) is 7.31. The fourth-order valence-electron chi connectivity index (χ4n) is 3.63. The van der Waals surface area contributed by atoms with Crippen LogP contribution in [0.4, 0.5) is 11.8 Å². The van der Waals surface area contributed by atoms with Crippen LogP contribution in [0, 0.1) is 13.8 Å². The highest BCUT2D eigenvalue weighted by Crippen LogP contribution is 2.33. The first-order valence-electron chi connectivity index (χ1n) is 9.87. The van der Waals surface area contributed by atoms with Crippen molar-refractivity contribution < 1.29 is 14.2 Å². The summed E-state index contributed by atoms with van der Waals surface area (Å²) < 4.78 is 16.5. The molecule has 162 valence electrons. The molecule has 2 aromatic heterocycles. The zero-order chi connectivity index (χ0) is 22.0. The Kier molecular flexibility index (Phi) is 5.99. The van der Waals surface area contributed by atoms with Gasteiger partial charge in [0.2, 0.25) is 12.7 Å². The predicted molar refractivity (Wildman–Crippen MR) is 119 cm³/mol. The monoisotopic (exact) mass is 441 g/mol. The number of fused-ring (bicyclic) bond motifs is 1. The second kappa shape index (κ2) is 8.85. The number of aryl methyl sites for hydroxylation is 1. The number of rotatable bonds is 7. The normalized spacial score (nSPS) is 12.1. The average Bonchev–Trinajstić information content (AvgIpc) is 3.20. The first kappa shape index (κ1) is 21.0. The lowest BCUT2D eigenvalue weighted by molar-refractivity contribution is 0.174. The van der Waals surface area contributed by atoms with Gasteiger partial charge in [-0.2, -0.15) is 4.98 Å². The van der Waals surface area contributed by atoms with Gasteiger partial charge in [-0.1, -0.05) is 17.7 Å². The zero-order valence-corrected chi connectivity index (χ0v) is 18.4. The quantitative estimate of drug-likeness (QED) is 0.554. The van der Waals surface area contributed by atoms with Crippen LogP contribution in [0.25, 0.3) is 0 Å². The van der Waals surface area contributed by atoms with Gasteiger partial charge in [0.15, 0.2) is 11.5 Å². The molecule has 3 aromatic rings. The standard InChI is InChI=1S/C22H24ClN5O3/c1-13-10-25-16(14(2)21(13)29-3)11-28(20-9-19(23)26-22(24)27-20)7-6-15-4-5-17-18(8-15)31-12-30-17/h4-5,8-10H,6-7,11-12H2,1-3H3,(H2,24,26,27). The number of ether oxygens (including phenoxy) is 3. The van der Waals surface area contributed by atoms with E-state index in [9.17, 15) is 0 Å². The molecule has 0 spiro atoms. The van der Waals surface area contributed by atoms with Gasteiger partial charge in [-0.05, 0) is 38.0 Å². The Balaban J connectivity index is 1.62. The van der Waals surface area contributed by atoms with E-state index in [2.05, 4.69) is 19.9 Å². The Hall–Kier alpha value is -3.26. The molecular weight excluding hydrogens is 418 g/mol. The summed E-state index contributed by atoms with van der Waals surface area (Å²) in [5.74, 6) is 3.13. The Labute approximate surface area is 185 Å². The van der Waals surface area contributed by atoms with E-state index in [1.807, 2.05) is 38.2 Å². The Morgan fingerprint density at radius 2 is 1.97 bits per heavy atom. The molecule has 0 bridgehead atoms. The molecular formula is C22H24ClN5O3. The summed E-state index contributed by atoms with van der Waals surface area (Å²) in [5.41, 5.74) is 9.84. The van der Waals surface area contributed by atoms with Gasteiger partial charge >= 0.3 is 0 Å². The van der Waals surface area contributed by atoms with Crippen molar-refractivity contribution in [3.8, 4) is 17.2 Å². The number of benzene rings is 1. The molecule has 9 heteroatoms. The number of nitrogens with two attached hydrogens (primary N) is 1. The van der Waals surface area contributed by atoms with Gasteiger partial charge in [-0.15, -0.1) is 0 Å². The minimum Gasteiger partial charge on any atom is -0.496 e. The highest BCUT2D eigenvalue weighted by atomic mass is 35.5. The van der Waals surface area contributed by atoms with Crippen LogP contribution in [-0.2, 0) is 13.0 Å². The van der Waals surface area contributed by atoms with Crippen molar-refractivity contribution >= 4 is 23.4 Å². The number of pyridine rings is 1. The first-order valence-corrected chi connectivity index (χ1v) is 10.2. The Bertz CT molecular complexity index is 1090. The second-order valence-corrected chi connectivity index (χ2v) is 7.70. The van der Waals surface area contributed by atoms with E-state index < -0.39 is 0 Å². The Morgan fingerprint density at radius 3 is 2.74 bits per heavy atom. The molecule has 0 atom stereocenters. The summed E-state index contributed by atoms with van der Waals surface area (Å²) in [6.07, 6.45) is 2.57. The molecule has 0 radical (unpaired) electrons. The number of halogens is 1. The van der Waals surface area contributed by atoms with Crippen LogP contribution in [0.2, 0.25) is 5.15 Å². The molecule has 1 aliphatic rings. The molecule has 2 N–H and O–H groups in total. The molecule has 0 unspecified atom stereocenters. The van der Waals surface area contributed by atoms with Crippen LogP contribution < -0.4 is 24.8 Å². The lowest BCUT2D eigenvalue weighted by Crippen LogP contribution is -2.27. The van der Waals surface area contributed by atoms with Crippen LogP contribution in [-0.4, -0.2) is 35.4 Å². The molecule has 4 rings (SSSR count). The van der Waals surface area contributed by atoms with E-state index >= 15 is 0 Å². The molecule has 8 nitrogen and oxygen atoms in total. The summed E-state index contributed by atoms with van der Waals surface area (Å²) in [6, 6.07) is 7.67. The van der Waals surface area contributed by atoms with Crippen molar-refractivity contribution in [3.05, 3.63) is 58.0 Å². The number of aromatic nitrogens is 3. The van der Waals surface area contributed by atoms with Gasteiger partial charge in [-0.25, -0.2) is 4.98 Å². The van der Waals surface area contributed by atoms with Crippen molar-refractivity contribution in [2.24, 2.45) is 0 Å². The Morgan fingerprint density at radius 1 is 1.16 bits per heavy atom. The van der Waals surface area contributed by atoms with Crippen molar-refractivity contribution in [2.45, 2.75) is 26.8 Å². The lowest BCUT2D eigenvalue weighted by Gasteiger charge is -2.25. The van der Waals surface area contributed by atoms with Crippen molar-refractivity contribution in [1.82, 2.24) is 15.0 Å². The summed E-state index contributed by atoms with van der Waals surface area (Å²) in [4.78, 5) is 15.1. The summed E-state index contributed by atoms with van der Waals surface area (Å²) >= 11 is 6.15.